The average molecular weight is 544 g/mol. The van der Waals surface area contributed by atoms with Gasteiger partial charge in [-0.15, -0.1) is 0 Å². The Morgan fingerprint density at radius 1 is 0.676 bits per heavy atom. The highest BCUT2D eigenvalue weighted by Crippen LogP contribution is 2.42. The first-order valence-corrected chi connectivity index (χ1v) is 13.4. The molecule has 2 nitrogen and oxygen atoms in total. The number of hydrogen-bond donors (Lipinski definition) is 0. The topological polar surface area (TPSA) is 22.1 Å². The number of aromatic nitrogens is 1. The Kier molecular flexibility index (Phi) is 6.70. The number of hydrogen-bond acceptors (Lipinski definition) is 2. The zero-order chi connectivity index (χ0) is 25.0. The van der Waals surface area contributed by atoms with Crippen LogP contribution in [0.15, 0.2) is 126 Å². The normalized spacial score (nSPS) is 14.1. The van der Waals surface area contributed by atoms with Gasteiger partial charge in [-0.3, -0.25) is 0 Å². The molecule has 1 heterocycles. The summed E-state index contributed by atoms with van der Waals surface area (Å²) >= 11 is 3.54. The third-order valence-electron chi connectivity index (χ3n) is 6.76. The minimum Gasteiger partial charge on any atom is -0.456 e. The van der Waals surface area contributed by atoms with Gasteiger partial charge in [0.1, 0.15) is 11.5 Å². The lowest BCUT2D eigenvalue weighted by molar-refractivity contribution is 0.513. The fourth-order valence-corrected chi connectivity index (χ4v) is 5.26. The summed E-state index contributed by atoms with van der Waals surface area (Å²) in [4.78, 5) is 5.31. The summed E-state index contributed by atoms with van der Waals surface area (Å²) in [5.41, 5.74) is 9.11. The van der Waals surface area contributed by atoms with Gasteiger partial charge in [0.05, 0.1) is 11.4 Å². The van der Waals surface area contributed by atoms with Crippen molar-refractivity contribution in [3.8, 4) is 28.1 Å². The van der Waals surface area contributed by atoms with Gasteiger partial charge in [0.2, 0.25) is 0 Å². The Bertz CT molecular complexity index is 1540. The molecule has 6 rings (SSSR count). The molecule has 0 atom stereocenters. The quantitative estimate of drug-likeness (QED) is 0.206. The SMILES string of the molecule is Brc1ccc(O/C(=C2/CCCc3c(-c4ccccc4)cc(-c4ccccc4)nc32)c2ccccc2)cc1. The molecule has 0 fully saturated rings. The van der Waals surface area contributed by atoms with Gasteiger partial charge in [0.15, 0.2) is 0 Å². The molecule has 0 spiro atoms. The maximum Gasteiger partial charge on any atom is 0.139 e. The summed E-state index contributed by atoms with van der Waals surface area (Å²) in [7, 11) is 0. The van der Waals surface area contributed by atoms with E-state index >= 15 is 0 Å². The van der Waals surface area contributed by atoms with Crippen molar-refractivity contribution in [2.24, 2.45) is 0 Å². The first-order valence-electron chi connectivity index (χ1n) is 12.6. The second-order valence-corrected chi connectivity index (χ2v) is 10.1. The highest BCUT2D eigenvalue weighted by molar-refractivity contribution is 9.10. The van der Waals surface area contributed by atoms with Crippen molar-refractivity contribution in [2.75, 3.05) is 0 Å². The van der Waals surface area contributed by atoms with Crippen LogP contribution in [0.25, 0.3) is 33.7 Å². The molecule has 180 valence electrons. The summed E-state index contributed by atoms with van der Waals surface area (Å²) in [5.74, 6) is 1.68. The van der Waals surface area contributed by atoms with E-state index in [0.29, 0.717) is 0 Å². The lowest BCUT2D eigenvalue weighted by Crippen LogP contribution is -2.11. The van der Waals surface area contributed by atoms with Gasteiger partial charge in [-0.2, -0.15) is 0 Å². The lowest BCUT2D eigenvalue weighted by Gasteiger charge is -2.25. The number of rotatable bonds is 5. The van der Waals surface area contributed by atoms with E-state index in [4.69, 9.17) is 9.72 Å². The van der Waals surface area contributed by atoms with E-state index in [9.17, 15) is 0 Å². The van der Waals surface area contributed by atoms with Crippen LogP contribution in [0.1, 0.15) is 29.7 Å². The first-order chi connectivity index (χ1) is 18.3. The summed E-state index contributed by atoms with van der Waals surface area (Å²) in [5, 5.41) is 0. The molecule has 0 amide bonds. The van der Waals surface area contributed by atoms with Crippen LogP contribution in [0, 0.1) is 0 Å². The first kappa shape index (κ1) is 23.4. The van der Waals surface area contributed by atoms with Gasteiger partial charge in [-0.05, 0) is 66.3 Å². The number of ether oxygens (including phenoxy) is 1. The lowest BCUT2D eigenvalue weighted by atomic mass is 9.84. The Morgan fingerprint density at radius 3 is 1.97 bits per heavy atom. The van der Waals surface area contributed by atoms with Crippen LogP contribution in [0.4, 0.5) is 0 Å². The molecule has 1 aliphatic carbocycles. The minimum atomic E-state index is 0.809. The van der Waals surface area contributed by atoms with E-state index in [1.807, 2.05) is 36.4 Å². The van der Waals surface area contributed by atoms with Crippen molar-refractivity contribution in [2.45, 2.75) is 19.3 Å². The number of fused-ring (bicyclic) bond motifs is 1. The molecule has 0 N–H and O–H groups in total. The van der Waals surface area contributed by atoms with Crippen molar-refractivity contribution in [1.82, 2.24) is 4.98 Å². The predicted molar refractivity (Wildman–Crippen MR) is 156 cm³/mol. The molecular weight excluding hydrogens is 518 g/mol. The van der Waals surface area contributed by atoms with E-state index in [0.717, 1.165) is 63.3 Å². The van der Waals surface area contributed by atoms with E-state index in [1.165, 1.54) is 16.7 Å². The number of allylic oxidation sites excluding steroid dienone is 1. The zero-order valence-corrected chi connectivity index (χ0v) is 22.0. The number of halogens is 1. The van der Waals surface area contributed by atoms with E-state index in [2.05, 4.69) is 101 Å². The van der Waals surface area contributed by atoms with Crippen molar-refractivity contribution in [3.63, 3.8) is 0 Å². The molecular formula is C34H26BrNO. The second-order valence-electron chi connectivity index (χ2n) is 9.20. The maximum atomic E-state index is 6.66. The Hall–Kier alpha value is -3.95. The molecule has 1 aliphatic rings. The highest BCUT2D eigenvalue weighted by Gasteiger charge is 2.26. The predicted octanol–water partition coefficient (Wildman–Crippen LogP) is 9.46. The summed E-state index contributed by atoms with van der Waals surface area (Å²) in [6, 6.07) is 41.8. The van der Waals surface area contributed by atoms with Crippen LogP contribution in [0.3, 0.4) is 0 Å². The van der Waals surface area contributed by atoms with Gasteiger partial charge in [-0.1, -0.05) is 107 Å². The fourth-order valence-electron chi connectivity index (χ4n) is 4.99. The molecule has 1 aromatic heterocycles. The van der Waals surface area contributed by atoms with Crippen LogP contribution < -0.4 is 4.74 Å². The van der Waals surface area contributed by atoms with Crippen LogP contribution in [0.2, 0.25) is 0 Å². The smallest absolute Gasteiger partial charge is 0.139 e. The van der Waals surface area contributed by atoms with E-state index < -0.39 is 0 Å². The summed E-state index contributed by atoms with van der Waals surface area (Å²) < 4.78 is 7.69. The van der Waals surface area contributed by atoms with Gasteiger partial charge in [-0.25, -0.2) is 4.98 Å². The molecule has 3 heteroatoms. The fraction of sp³-hybridized carbons (Fsp3) is 0.0882. The van der Waals surface area contributed by atoms with Crippen molar-refractivity contribution >= 4 is 27.3 Å². The molecule has 0 aliphatic heterocycles. The highest BCUT2D eigenvalue weighted by atomic mass is 79.9. The number of benzene rings is 4. The Morgan fingerprint density at radius 2 is 1.30 bits per heavy atom. The van der Waals surface area contributed by atoms with E-state index in [-0.39, 0.29) is 0 Å². The molecule has 5 aromatic rings. The summed E-state index contributed by atoms with van der Waals surface area (Å²) in [6.45, 7) is 0. The molecule has 4 aromatic carbocycles. The van der Waals surface area contributed by atoms with Gasteiger partial charge >= 0.3 is 0 Å². The molecule has 0 bridgehead atoms. The van der Waals surface area contributed by atoms with E-state index in [1.54, 1.807) is 0 Å². The Labute approximate surface area is 226 Å². The van der Waals surface area contributed by atoms with Crippen molar-refractivity contribution < 1.29 is 4.74 Å². The molecule has 0 saturated heterocycles. The molecule has 0 radical (unpaired) electrons. The van der Waals surface area contributed by atoms with Gasteiger partial charge < -0.3 is 4.74 Å². The minimum absolute atomic E-state index is 0.809. The molecule has 37 heavy (non-hydrogen) atoms. The third-order valence-corrected chi connectivity index (χ3v) is 7.29. The zero-order valence-electron chi connectivity index (χ0n) is 20.4. The number of pyridine rings is 1. The standard InChI is InChI=1S/C34H26BrNO/c35-27-19-21-28(22-20-27)37-34(26-15-8-3-9-16-26)30-18-10-17-29-31(24-11-4-1-5-12-24)23-32(36-33(29)30)25-13-6-2-7-14-25/h1-9,11-16,19-23H,10,17-18H2/b34-30-. The van der Waals surface area contributed by atoms with Crippen LogP contribution >= 0.6 is 15.9 Å². The maximum absolute atomic E-state index is 6.66. The van der Waals surface area contributed by atoms with Crippen LogP contribution in [0.5, 0.6) is 5.75 Å². The average Bonchev–Trinajstić information content (AvgIpc) is 2.97. The second kappa shape index (κ2) is 10.6. The largest absolute Gasteiger partial charge is 0.456 e. The third kappa shape index (κ3) is 5.00. The monoisotopic (exact) mass is 543 g/mol. The molecule has 0 saturated carbocycles. The summed E-state index contributed by atoms with van der Waals surface area (Å²) in [6.07, 6.45) is 2.95. The van der Waals surface area contributed by atoms with Crippen molar-refractivity contribution in [1.29, 1.82) is 0 Å². The van der Waals surface area contributed by atoms with Crippen LogP contribution in [-0.2, 0) is 6.42 Å². The molecule has 0 unspecified atom stereocenters. The number of nitrogens with zero attached hydrogens (tertiary/aromatic N) is 1. The van der Waals surface area contributed by atoms with Gasteiger partial charge in [0.25, 0.3) is 0 Å². The van der Waals surface area contributed by atoms with Crippen LogP contribution in [-0.4, -0.2) is 4.98 Å². The van der Waals surface area contributed by atoms with Crippen molar-refractivity contribution in [3.05, 3.63) is 143 Å². The van der Waals surface area contributed by atoms with Gasteiger partial charge in [0, 0.05) is 21.2 Å². The Balaban J connectivity index is 1.61.